The maximum Gasteiger partial charge on any atom is 0.250 e. The summed E-state index contributed by atoms with van der Waals surface area (Å²) in [7, 11) is -3.66. The molecule has 1 saturated heterocycles. The highest BCUT2D eigenvalue weighted by atomic mass is 32.2. The van der Waals surface area contributed by atoms with Crippen molar-refractivity contribution in [2.24, 2.45) is 5.92 Å². The average Bonchev–Trinajstić information content (AvgIpc) is 2.58. The molecule has 2 heterocycles. The van der Waals surface area contributed by atoms with E-state index in [-0.39, 0.29) is 28.7 Å². The molecule has 0 aromatic carbocycles. The molecule has 0 amide bonds. The zero-order valence-electron chi connectivity index (χ0n) is 14.1. The summed E-state index contributed by atoms with van der Waals surface area (Å²) in [6.45, 7) is 5.18. The first kappa shape index (κ1) is 18.8. The Balaban J connectivity index is 2.25. The first-order valence-corrected chi connectivity index (χ1v) is 9.65. The quantitative estimate of drug-likeness (QED) is 0.724. The molecule has 0 saturated carbocycles. The van der Waals surface area contributed by atoms with Crippen molar-refractivity contribution in [2.75, 3.05) is 26.3 Å². The number of aromatic nitrogens is 1. The highest BCUT2D eigenvalue weighted by Gasteiger charge is 2.24. The molecule has 2 rings (SSSR count). The van der Waals surface area contributed by atoms with Gasteiger partial charge < -0.3 is 9.30 Å². The summed E-state index contributed by atoms with van der Waals surface area (Å²) < 4.78 is 32.8. The maximum absolute atomic E-state index is 12.6. The number of pyridine rings is 1. The number of nitrogens with zero attached hydrogens (tertiary/aromatic N) is 2. The molecule has 8 heteroatoms. The molecule has 0 atom stereocenters. The van der Waals surface area contributed by atoms with Gasteiger partial charge >= 0.3 is 0 Å². The number of carbonyl (C=O) groups excluding carboxylic acids is 1. The van der Waals surface area contributed by atoms with Crippen molar-refractivity contribution >= 4 is 15.8 Å². The second kappa shape index (κ2) is 8.04. The number of ketones is 1. The summed E-state index contributed by atoms with van der Waals surface area (Å²) in [5.41, 5.74) is -0.381. The average molecular weight is 356 g/mol. The molecule has 7 nitrogen and oxygen atoms in total. The van der Waals surface area contributed by atoms with Gasteiger partial charge in [0.05, 0.1) is 11.4 Å². The van der Waals surface area contributed by atoms with Gasteiger partial charge in [-0.2, -0.15) is 4.31 Å². The van der Waals surface area contributed by atoms with Crippen molar-refractivity contribution in [2.45, 2.75) is 38.1 Å². The molecular weight excluding hydrogens is 332 g/mol. The van der Waals surface area contributed by atoms with Crippen molar-refractivity contribution in [1.82, 2.24) is 8.87 Å². The van der Waals surface area contributed by atoms with E-state index < -0.39 is 10.0 Å². The lowest BCUT2D eigenvalue weighted by molar-refractivity contribution is -0.126. The van der Waals surface area contributed by atoms with Crippen molar-refractivity contribution in [3.8, 4) is 0 Å². The van der Waals surface area contributed by atoms with E-state index in [1.165, 1.54) is 27.2 Å². The van der Waals surface area contributed by atoms with Crippen LogP contribution in [0.15, 0.2) is 28.0 Å². The van der Waals surface area contributed by atoms with E-state index in [4.69, 9.17) is 4.74 Å². The fraction of sp³-hybridized carbons (Fsp3) is 0.625. The minimum Gasteiger partial charge on any atom is -0.381 e. The normalized spacial score (nSPS) is 16.5. The largest absolute Gasteiger partial charge is 0.381 e. The molecule has 24 heavy (non-hydrogen) atoms. The van der Waals surface area contributed by atoms with E-state index >= 15 is 0 Å². The lowest BCUT2D eigenvalue weighted by atomic mass is 9.95. The standard InChI is InChI=1S/C16H24N2O5S/c1-3-18(4-2)24(21,22)14-5-6-16(20)17(11-14)12-15(19)13-7-9-23-10-8-13/h5-6,11,13H,3-4,7-10,12H2,1-2H3. The minimum absolute atomic E-state index is 0.0329. The molecule has 0 N–H and O–H groups in total. The van der Waals surface area contributed by atoms with E-state index in [0.717, 1.165) is 0 Å². The Morgan fingerprint density at radius 3 is 2.46 bits per heavy atom. The summed E-state index contributed by atoms with van der Waals surface area (Å²) in [5, 5.41) is 0. The molecule has 1 aromatic heterocycles. The Labute approximate surface area is 142 Å². The smallest absolute Gasteiger partial charge is 0.250 e. The van der Waals surface area contributed by atoms with E-state index in [1.807, 2.05) is 0 Å². The molecule has 0 spiro atoms. The summed E-state index contributed by atoms with van der Waals surface area (Å²) in [5.74, 6) is -0.188. The van der Waals surface area contributed by atoms with Crippen LogP contribution in [-0.4, -0.2) is 49.4 Å². The Morgan fingerprint density at radius 1 is 1.25 bits per heavy atom. The van der Waals surface area contributed by atoms with Crippen molar-refractivity contribution in [3.05, 3.63) is 28.7 Å². The number of hydrogen-bond acceptors (Lipinski definition) is 5. The fourth-order valence-electron chi connectivity index (χ4n) is 2.81. The predicted octanol–water partition coefficient (Wildman–Crippen LogP) is 0.874. The van der Waals surface area contributed by atoms with Crippen LogP contribution in [-0.2, 0) is 26.1 Å². The topological polar surface area (TPSA) is 85.7 Å². The minimum atomic E-state index is -3.66. The van der Waals surface area contributed by atoms with Gasteiger partial charge in [0.1, 0.15) is 0 Å². The number of Topliss-reactive ketones (excluding diaryl/α,β-unsaturated/α-hetero) is 1. The van der Waals surface area contributed by atoms with Crippen molar-refractivity contribution < 1.29 is 17.9 Å². The highest BCUT2D eigenvalue weighted by Crippen LogP contribution is 2.17. The van der Waals surface area contributed by atoms with Crippen LogP contribution in [0.3, 0.4) is 0 Å². The van der Waals surface area contributed by atoms with Crippen molar-refractivity contribution in [3.63, 3.8) is 0 Å². The number of carbonyl (C=O) groups is 1. The number of hydrogen-bond donors (Lipinski definition) is 0. The highest BCUT2D eigenvalue weighted by molar-refractivity contribution is 7.89. The molecule has 1 aliphatic heterocycles. The van der Waals surface area contributed by atoms with E-state index in [0.29, 0.717) is 39.1 Å². The second-order valence-corrected chi connectivity index (χ2v) is 7.71. The molecule has 0 aliphatic carbocycles. The third-order valence-corrected chi connectivity index (χ3v) is 6.34. The predicted molar refractivity (Wildman–Crippen MR) is 89.4 cm³/mol. The molecule has 0 radical (unpaired) electrons. The van der Waals surface area contributed by atoms with Crippen LogP contribution >= 0.6 is 0 Å². The summed E-state index contributed by atoms with van der Waals surface area (Å²) in [4.78, 5) is 24.4. The van der Waals surface area contributed by atoms with Gasteiger partial charge in [-0.3, -0.25) is 9.59 Å². The molecule has 134 valence electrons. The molecular formula is C16H24N2O5S. The number of rotatable bonds is 7. The lowest BCUT2D eigenvalue weighted by Crippen LogP contribution is -2.33. The molecule has 1 fully saturated rings. The first-order valence-electron chi connectivity index (χ1n) is 8.21. The molecule has 1 aliphatic rings. The maximum atomic E-state index is 12.6. The van der Waals surface area contributed by atoms with E-state index in [9.17, 15) is 18.0 Å². The summed E-state index contributed by atoms with van der Waals surface area (Å²) >= 11 is 0. The van der Waals surface area contributed by atoms with Crippen LogP contribution in [0, 0.1) is 5.92 Å². The Hall–Kier alpha value is -1.51. The Morgan fingerprint density at radius 2 is 1.88 bits per heavy atom. The fourth-order valence-corrected chi connectivity index (χ4v) is 4.29. The van der Waals surface area contributed by atoms with E-state index in [2.05, 4.69) is 0 Å². The van der Waals surface area contributed by atoms with E-state index in [1.54, 1.807) is 13.8 Å². The van der Waals surface area contributed by atoms with Crippen LogP contribution in [0.5, 0.6) is 0 Å². The third-order valence-electron chi connectivity index (χ3n) is 4.30. The lowest BCUT2D eigenvalue weighted by Gasteiger charge is -2.21. The van der Waals surface area contributed by atoms with Crippen LogP contribution in [0.25, 0.3) is 0 Å². The monoisotopic (exact) mass is 356 g/mol. The first-order chi connectivity index (χ1) is 11.4. The second-order valence-electron chi connectivity index (χ2n) is 5.77. The van der Waals surface area contributed by atoms with Crippen LogP contribution in [0.1, 0.15) is 26.7 Å². The van der Waals surface area contributed by atoms with Crippen LogP contribution < -0.4 is 5.56 Å². The van der Waals surface area contributed by atoms with Gasteiger partial charge in [-0.15, -0.1) is 0 Å². The van der Waals surface area contributed by atoms with Crippen LogP contribution in [0.2, 0.25) is 0 Å². The van der Waals surface area contributed by atoms with Crippen LogP contribution in [0.4, 0.5) is 0 Å². The SMILES string of the molecule is CCN(CC)S(=O)(=O)c1ccc(=O)n(CC(=O)C2CCOCC2)c1. The Bertz CT molecular complexity index is 731. The zero-order valence-corrected chi connectivity index (χ0v) is 14.9. The molecule has 1 aromatic rings. The number of sulfonamides is 1. The summed E-state index contributed by atoms with van der Waals surface area (Å²) in [6, 6.07) is 2.50. The van der Waals surface area contributed by atoms with Gasteiger partial charge in [0.15, 0.2) is 5.78 Å². The molecule has 0 unspecified atom stereocenters. The van der Waals surface area contributed by atoms with Gasteiger partial charge in [0.25, 0.3) is 5.56 Å². The van der Waals surface area contributed by atoms with Gasteiger partial charge in [-0.1, -0.05) is 13.8 Å². The van der Waals surface area contributed by atoms with Gasteiger partial charge in [-0.25, -0.2) is 8.42 Å². The third kappa shape index (κ3) is 4.12. The number of ether oxygens (including phenoxy) is 1. The zero-order chi connectivity index (χ0) is 17.7. The molecule has 0 bridgehead atoms. The Kier molecular flexibility index (Phi) is 6.31. The summed E-state index contributed by atoms with van der Waals surface area (Å²) in [6.07, 6.45) is 2.56. The van der Waals surface area contributed by atoms with Gasteiger partial charge in [-0.05, 0) is 18.9 Å². The van der Waals surface area contributed by atoms with Crippen molar-refractivity contribution in [1.29, 1.82) is 0 Å². The van der Waals surface area contributed by atoms with Gasteiger partial charge in [0.2, 0.25) is 10.0 Å². The van der Waals surface area contributed by atoms with Gasteiger partial charge in [0, 0.05) is 44.5 Å².